The maximum absolute atomic E-state index is 5.84. The highest BCUT2D eigenvalue weighted by Crippen LogP contribution is 2.24. The van der Waals surface area contributed by atoms with E-state index in [0.29, 0.717) is 0 Å². The third-order valence-corrected chi connectivity index (χ3v) is 3.33. The largest absolute Gasteiger partial charge is 0.347 e. The highest BCUT2D eigenvalue weighted by atomic mass is 14.9. The summed E-state index contributed by atoms with van der Waals surface area (Å²) in [4.78, 5) is 0. The van der Waals surface area contributed by atoms with Crippen molar-refractivity contribution in [2.45, 2.75) is 46.2 Å². The molecule has 2 aromatic rings. The number of rotatable bonds is 4. The predicted octanol–water partition coefficient (Wildman–Crippen LogP) is 3.25. The predicted molar refractivity (Wildman–Crippen MR) is 74.3 cm³/mol. The lowest BCUT2D eigenvalue weighted by molar-refractivity contribution is 0.665. The first kappa shape index (κ1) is 12.2. The van der Waals surface area contributed by atoms with Crippen molar-refractivity contribution in [3.8, 4) is 0 Å². The first-order valence-corrected chi connectivity index (χ1v) is 6.45. The summed E-state index contributed by atoms with van der Waals surface area (Å²) in [5, 5.41) is 1.39. The number of aromatic nitrogens is 1. The molecule has 2 rings (SSSR count). The van der Waals surface area contributed by atoms with Crippen LogP contribution in [0.15, 0.2) is 24.4 Å². The van der Waals surface area contributed by atoms with Crippen LogP contribution in [0.3, 0.4) is 0 Å². The lowest BCUT2D eigenvalue weighted by atomic mass is 10.0. The fourth-order valence-corrected chi connectivity index (χ4v) is 2.32. The van der Waals surface area contributed by atoms with Crippen molar-refractivity contribution in [1.82, 2.24) is 4.57 Å². The van der Waals surface area contributed by atoms with Gasteiger partial charge in [0.25, 0.3) is 0 Å². The monoisotopic (exact) mass is 230 g/mol. The average Bonchev–Trinajstić information content (AvgIpc) is 2.63. The van der Waals surface area contributed by atoms with Crippen LogP contribution >= 0.6 is 0 Å². The van der Waals surface area contributed by atoms with E-state index in [2.05, 4.69) is 49.7 Å². The molecule has 2 nitrogen and oxygen atoms in total. The standard InChI is InChI=1S/C15H22N2/c1-4-17-10-13(7-6-12(3)16)14-8-5-11(2)9-15(14)17/h5,8-10,12H,4,6-7,16H2,1-3H3. The molecule has 0 saturated carbocycles. The van der Waals surface area contributed by atoms with E-state index in [1.807, 2.05) is 0 Å². The van der Waals surface area contributed by atoms with Gasteiger partial charge in [0.15, 0.2) is 0 Å². The summed E-state index contributed by atoms with van der Waals surface area (Å²) in [7, 11) is 0. The van der Waals surface area contributed by atoms with Crippen molar-refractivity contribution in [2.75, 3.05) is 0 Å². The second-order valence-corrected chi connectivity index (χ2v) is 4.98. The molecule has 92 valence electrons. The van der Waals surface area contributed by atoms with Gasteiger partial charge in [0.1, 0.15) is 0 Å². The van der Waals surface area contributed by atoms with Crippen molar-refractivity contribution < 1.29 is 0 Å². The first-order valence-electron chi connectivity index (χ1n) is 6.45. The van der Waals surface area contributed by atoms with Crippen LogP contribution in [0.1, 0.15) is 31.4 Å². The van der Waals surface area contributed by atoms with E-state index in [1.54, 1.807) is 0 Å². The zero-order valence-electron chi connectivity index (χ0n) is 11.0. The van der Waals surface area contributed by atoms with Crippen LogP contribution in [0, 0.1) is 6.92 Å². The van der Waals surface area contributed by atoms with E-state index in [9.17, 15) is 0 Å². The van der Waals surface area contributed by atoms with Gasteiger partial charge in [-0.15, -0.1) is 0 Å². The number of nitrogens with zero attached hydrogens (tertiary/aromatic N) is 1. The highest BCUT2D eigenvalue weighted by Gasteiger charge is 2.08. The van der Waals surface area contributed by atoms with E-state index in [-0.39, 0.29) is 6.04 Å². The first-order chi connectivity index (χ1) is 8.11. The Bertz CT molecular complexity index is 509. The average molecular weight is 230 g/mol. The maximum atomic E-state index is 5.84. The minimum Gasteiger partial charge on any atom is -0.347 e. The molecule has 0 aliphatic rings. The maximum Gasteiger partial charge on any atom is 0.0485 e. The van der Waals surface area contributed by atoms with E-state index in [4.69, 9.17) is 5.73 Å². The molecule has 0 aliphatic carbocycles. The molecule has 0 radical (unpaired) electrons. The molecule has 0 fully saturated rings. The molecular formula is C15H22N2. The van der Waals surface area contributed by atoms with Crippen LogP contribution in [0.2, 0.25) is 0 Å². The van der Waals surface area contributed by atoms with Gasteiger partial charge in [0.05, 0.1) is 0 Å². The molecule has 0 aliphatic heterocycles. The summed E-state index contributed by atoms with van der Waals surface area (Å²) in [5.41, 5.74) is 9.95. The molecule has 17 heavy (non-hydrogen) atoms. The fraction of sp³-hybridized carbons (Fsp3) is 0.467. The minimum absolute atomic E-state index is 0.278. The quantitative estimate of drug-likeness (QED) is 0.858. The third-order valence-electron chi connectivity index (χ3n) is 3.33. The zero-order chi connectivity index (χ0) is 12.4. The minimum atomic E-state index is 0.278. The molecule has 1 unspecified atom stereocenters. The van der Waals surface area contributed by atoms with E-state index < -0.39 is 0 Å². The molecule has 1 aromatic heterocycles. The Kier molecular flexibility index (Phi) is 3.53. The molecule has 0 saturated heterocycles. The Morgan fingerprint density at radius 1 is 1.35 bits per heavy atom. The van der Waals surface area contributed by atoms with Crippen LogP contribution < -0.4 is 5.73 Å². The number of benzene rings is 1. The Morgan fingerprint density at radius 2 is 2.12 bits per heavy atom. The summed E-state index contributed by atoms with van der Waals surface area (Å²) in [6.45, 7) is 7.44. The summed E-state index contributed by atoms with van der Waals surface area (Å²) >= 11 is 0. The number of fused-ring (bicyclic) bond motifs is 1. The van der Waals surface area contributed by atoms with Gasteiger partial charge in [-0.05, 0) is 50.8 Å². The van der Waals surface area contributed by atoms with Crippen molar-refractivity contribution in [1.29, 1.82) is 0 Å². The Balaban J connectivity index is 2.42. The molecule has 1 atom stereocenters. The highest BCUT2D eigenvalue weighted by molar-refractivity contribution is 5.84. The number of hydrogen-bond acceptors (Lipinski definition) is 1. The molecular weight excluding hydrogens is 208 g/mol. The summed E-state index contributed by atoms with van der Waals surface area (Å²) in [5.74, 6) is 0. The van der Waals surface area contributed by atoms with Gasteiger partial charge in [-0.1, -0.05) is 12.1 Å². The summed E-state index contributed by atoms with van der Waals surface area (Å²) in [6.07, 6.45) is 4.41. The Hall–Kier alpha value is -1.28. The fourth-order valence-electron chi connectivity index (χ4n) is 2.32. The van der Waals surface area contributed by atoms with E-state index in [0.717, 1.165) is 19.4 Å². The Labute approximate surface area is 103 Å². The van der Waals surface area contributed by atoms with E-state index in [1.165, 1.54) is 22.0 Å². The van der Waals surface area contributed by atoms with E-state index >= 15 is 0 Å². The van der Waals surface area contributed by atoms with Gasteiger partial charge < -0.3 is 10.3 Å². The SMILES string of the molecule is CCn1cc(CCC(C)N)c2ccc(C)cc21. The molecule has 0 spiro atoms. The van der Waals surface area contributed by atoms with Gasteiger partial charge in [0, 0.05) is 29.7 Å². The normalized spacial score (nSPS) is 13.2. The van der Waals surface area contributed by atoms with Crippen LogP contribution in [0.4, 0.5) is 0 Å². The number of aryl methyl sites for hydroxylation is 3. The molecule has 1 heterocycles. The van der Waals surface area contributed by atoms with Gasteiger partial charge in [-0.25, -0.2) is 0 Å². The van der Waals surface area contributed by atoms with Gasteiger partial charge in [-0.2, -0.15) is 0 Å². The summed E-state index contributed by atoms with van der Waals surface area (Å²) < 4.78 is 2.33. The van der Waals surface area contributed by atoms with Crippen LogP contribution in [-0.2, 0) is 13.0 Å². The molecule has 0 bridgehead atoms. The molecule has 1 aromatic carbocycles. The van der Waals surface area contributed by atoms with Gasteiger partial charge in [-0.3, -0.25) is 0 Å². The van der Waals surface area contributed by atoms with Gasteiger partial charge >= 0.3 is 0 Å². The lowest BCUT2D eigenvalue weighted by Crippen LogP contribution is -2.15. The third kappa shape index (κ3) is 2.52. The van der Waals surface area contributed by atoms with Crippen LogP contribution in [-0.4, -0.2) is 10.6 Å². The van der Waals surface area contributed by atoms with Crippen molar-refractivity contribution >= 4 is 10.9 Å². The molecule has 2 heteroatoms. The van der Waals surface area contributed by atoms with Gasteiger partial charge in [0.2, 0.25) is 0 Å². The molecule has 0 amide bonds. The molecule has 2 N–H and O–H groups in total. The second kappa shape index (κ2) is 4.92. The van der Waals surface area contributed by atoms with Crippen LogP contribution in [0.5, 0.6) is 0 Å². The number of hydrogen-bond donors (Lipinski definition) is 1. The van der Waals surface area contributed by atoms with Crippen molar-refractivity contribution in [3.05, 3.63) is 35.5 Å². The second-order valence-electron chi connectivity index (χ2n) is 4.98. The topological polar surface area (TPSA) is 30.9 Å². The van der Waals surface area contributed by atoms with Crippen molar-refractivity contribution in [3.63, 3.8) is 0 Å². The summed E-state index contributed by atoms with van der Waals surface area (Å²) in [6, 6.07) is 6.99. The lowest BCUT2D eigenvalue weighted by Gasteiger charge is -2.03. The smallest absolute Gasteiger partial charge is 0.0485 e. The van der Waals surface area contributed by atoms with Crippen LogP contribution in [0.25, 0.3) is 10.9 Å². The van der Waals surface area contributed by atoms with Crippen molar-refractivity contribution in [2.24, 2.45) is 5.73 Å². The zero-order valence-corrected chi connectivity index (χ0v) is 11.0. The Morgan fingerprint density at radius 3 is 2.76 bits per heavy atom. The number of nitrogens with two attached hydrogens (primary N) is 1.